The molecule has 4 aliphatic carbocycles. The number of nitrogens with one attached hydrogen (secondary N) is 1. The Hall–Kier alpha value is -1.27. The van der Waals surface area contributed by atoms with Crippen LogP contribution in [-0.2, 0) is 4.79 Å². The molecule has 31 heavy (non-hydrogen) atoms. The van der Waals surface area contributed by atoms with Gasteiger partial charge in [-0.2, -0.15) is 0 Å². The molecule has 4 bridgehead atoms. The average Bonchev–Trinajstić information content (AvgIpc) is 3.04. The van der Waals surface area contributed by atoms with Crippen LogP contribution in [-0.4, -0.2) is 39.4 Å². The number of hydrogen-bond donors (Lipinski definition) is 1. The van der Waals surface area contributed by atoms with E-state index in [0.717, 1.165) is 28.7 Å². The number of amides is 1. The maximum atomic E-state index is 14.1. The molecule has 7 heteroatoms. The zero-order valence-corrected chi connectivity index (χ0v) is 19.8. The van der Waals surface area contributed by atoms with Crippen LogP contribution in [0, 0.1) is 23.6 Å². The zero-order chi connectivity index (χ0) is 21.8. The van der Waals surface area contributed by atoms with E-state index in [9.17, 15) is 9.18 Å². The number of rotatable bonds is 5. The van der Waals surface area contributed by atoms with E-state index in [-0.39, 0.29) is 29.2 Å². The monoisotopic (exact) mass is 463 g/mol. The van der Waals surface area contributed by atoms with Gasteiger partial charge in [-0.1, -0.05) is 23.4 Å². The van der Waals surface area contributed by atoms with Crippen molar-refractivity contribution in [3.05, 3.63) is 29.0 Å². The quantitative estimate of drug-likeness (QED) is 0.586. The summed E-state index contributed by atoms with van der Waals surface area (Å²) in [4.78, 5) is 20.5. The second-order valence-electron chi connectivity index (χ2n) is 10.4. The van der Waals surface area contributed by atoms with Gasteiger partial charge in [0, 0.05) is 29.3 Å². The molecule has 0 spiro atoms. The smallest absolute Gasteiger partial charge is 0.226 e. The van der Waals surface area contributed by atoms with E-state index in [1.807, 2.05) is 0 Å². The Bertz CT molecular complexity index is 870. The van der Waals surface area contributed by atoms with Gasteiger partial charge in [0.25, 0.3) is 0 Å². The fourth-order valence-corrected chi connectivity index (χ4v) is 8.33. The van der Waals surface area contributed by atoms with E-state index in [1.54, 1.807) is 17.8 Å². The lowest BCUT2D eigenvalue weighted by Crippen LogP contribution is -2.50. The number of carbonyl (C=O) groups excluding carboxylic acids is 1. The van der Waals surface area contributed by atoms with Crippen LogP contribution in [0.5, 0.6) is 0 Å². The summed E-state index contributed by atoms with van der Waals surface area (Å²) in [5, 5.41) is 4.15. The molecule has 5 fully saturated rings. The number of carbonyl (C=O) groups is 1. The first-order chi connectivity index (χ1) is 14.8. The molecule has 5 aliphatic rings. The number of hydrogen-bond acceptors (Lipinski definition) is 3. The predicted molar refractivity (Wildman–Crippen MR) is 126 cm³/mol. The first-order valence-electron chi connectivity index (χ1n) is 11.6. The molecule has 1 saturated heterocycles. The Labute approximate surface area is 193 Å². The molecule has 1 unspecified atom stereocenters. The van der Waals surface area contributed by atoms with Crippen molar-refractivity contribution in [2.45, 2.75) is 76.4 Å². The van der Waals surface area contributed by atoms with Gasteiger partial charge in [0.15, 0.2) is 5.17 Å². The largest absolute Gasteiger partial charge is 0.345 e. The zero-order valence-electron chi connectivity index (χ0n) is 18.2. The summed E-state index contributed by atoms with van der Waals surface area (Å²) in [6.07, 6.45) is 8.30. The molecule has 4 nitrogen and oxygen atoms in total. The fraction of sp³-hybridized carbons (Fsp3) is 0.667. The van der Waals surface area contributed by atoms with Crippen LogP contribution < -0.4 is 5.32 Å². The molecule has 168 valence electrons. The van der Waals surface area contributed by atoms with E-state index in [2.05, 4.69) is 24.1 Å². The third-order valence-corrected chi connectivity index (χ3v) is 8.89. The summed E-state index contributed by atoms with van der Waals surface area (Å²) in [5.74, 6) is 2.76. The highest BCUT2D eigenvalue weighted by atomic mass is 35.5. The summed E-state index contributed by atoms with van der Waals surface area (Å²) in [6, 6.07) is 4.67. The molecule has 1 amide bonds. The lowest BCUT2D eigenvalue weighted by molar-refractivity contribution is -0.117. The van der Waals surface area contributed by atoms with Crippen LogP contribution in [0.15, 0.2) is 23.2 Å². The van der Waals surface area contributed by atoms with Crippen LogP contribution in [0.25, 0.3) is 0 Å². The normalized spacial score (nSPS) is 35.4. The van der Waals surface area contributed by atoms with Gasteiger partial charge in [-0.3, -0.25) is 9.79 Å². The number of aliphatic imine (C=N–C) groups is 1. The Morgan fingerprint density at radius 1 is 1.26 bits per heavy atom. The van der Waals surface area contributed by atoms with Gasteiger partial charge < -0.3 is 10.2 Å². The first-order valence-corrected chi connectivity index (χ1v) is 12.9. The van der Waals surface area contributed by atoms with Crippen molar-refractivity contribution in [1.82, 2.24) is 4.90 Å². The molecule has 4 saturated carbocycles. The highest BCUT2D eigenvalue weighted by Crippen LogP contribution is 2.57. The summed E-state index contributed by atoms with van der Waals surface area (Å²) >= 11 is 7.61. The third-order valence-electron chi connectivity index (χ3n) is 7.54. The molecule has 1 atom stereocenters. The van der Waals surface area contributed by atoms with Gasteiger partial charge in [-0.15, -0.1) is 0 Å². The lowest BCUT2D eigenvalue weighted by Gasteiger charge is -2.55. The average molecular weight is 464 g/mol. The summed E-state index contributed by atoms with van der Waals surface area (Å²) in [7, 11) is 0. The van der Waals surface area contributed by atoms with Gasteiger partial charge >= 0.3 is 0 Å². The van der Waals surface area contributed by atoms with Gasteiger partial charge in [0.1, 0.15) is 5.82 Å². The molecule has 0 radical (unpaired) electrons. The summed E-state index contributed by atoms with van der Waals surface area (Å²) in [6.45, 7) is 4.34. The second-order valence-corrected chi connectivity index (χ2v) is 11.8. The molecule has 1 aromatic rings. The number of halogens is 2. The highest BCUT2D eigenvalue weighted by Gasteiger charge is 2.51. The molecule has 1 heterocycles. The standard InChI is InChI=1S/C24H31ClFN3OS/c1-14(2)29-19(9-22(30)27-21-4-3-18(25)8-20(21)26)13-31-23(29)28-24-10-15-5-16(11-24)7-17(6-15)12-24/h3-4,8,14-17,19H,5-7,9-13H2,1-2H3,(H,27,30). The van der Waals surface area contributed by atoms with E-state index in [0.29, 0.717) is 11.4 Å². The van der Waals surface area contributed by atoms with Crippen LogP contribution >= 0.6 is 23.4 Å². The van der Waals surface area contributed by atoms with Crippen molar-refractivity contribution in [3.63, 3.8) is 0 Å². The lowest BCUT2D eigenvalue weighted by atomic mass is 9.53. The van der Waals surface area contributed by atoms with Gasteiger partial charge in [0.2, 0.25) is 5.91 Å². The molecular weight excluding hydrogens is 433 g/mol. The Morgan fingerprint density at radius 3 is 2.48 bits per heavy atom. The van der Waals surface area contributed by atoms with E-state index < -0.39 is 5.82 Å². The van der Waals surface area contributed by atoms with Gasteiger partial charge in [-0.25, -0.2) is 4.39 Å². The minimum absolute atomic E-state index is 0.0769. The van der Waals surface area contributed by atoms with Crippen molar-refractivity contribution >= 4 is 40.1 Å². The topological polar surface area (TPSA) is 44.7 Å². The number of benzene rings is 1. The number of thioether (sulfide) groups is 1. The van der Waals surface area contributed by atoms with Crippen LogP contribution in [0.3, 0.4) is 0 Å². The van der Waals surface area contributed by atoms with Gasteiger partial charge in [0.05, 0.1) is 11.2 Å². The molecule has 1 aliphatic heterocycles. The molecule has 6 rings (SSSR count). The van der Waals surface area contributed by atoms with Crippen LogP contribution in [0.4, 0.5) is 10.1 Å². The minimum Gasteiger partial charge on any atom is -0.345 e. The molecule has 0 aromatic heterocycles. The van der Waals surface area contributed by atoms with Crippen molar-refractivity contribution < 1.29 is 9.18 Å². The Balaban J connectivity index is 1.30. The fourth-order valence-electron chi connectivity index (χ4n) is 6.78. The van der Waals surface area contributed by atoms with Crippen molar-refractivity contribution in [2.24, 2.45) is 22.7 Å². The van der Waals surface area contributed by atoms with Gasteiger partial charge in [-0.05, 0) is 88.3 Å². The van der Waals surface area contributed by atoms with Crippen molar-refractivity contribution in [2.75, 3.05) is 11.1 Å². The second kappa shape index (κ2) is 8.26. The predicted octanol–water partition coefficient (Wildman–Crippen LogP) is 5.96. The molecular formula is C24H31ClFN3OS. The van der Waals surface area contributed by atoms with E-state index >= 15 is 0 Å². The van der Waals surface area contributed by atoms with Crippen LogP contribution in [0.1, 0.15) is 58.8 Å². The minimum atomic E-state index is -0.508. The maximum absolute atomic E-state index is 14.1. The van der Waals surface area contributed by atoms with Crippen molar-refractivity contribution in [1.29, 1.82) is 0 Å². The number of amidine groups is 1. The van der Waals surface area contributed by atoms with E-state index in [1.165, 1.54) is 50.7 Å². The van der Waals surface area contributed by atoms with Crippen LogP contribution in [0.2, 0.25) is 5.02 Å². The summed E-state index contributed by atoms with van der Waals surface area (Å²) < 4.78 is 14.1. The molecule has 1 aromatic carbocycles. The van der Waals surface area contributed by atoms with E-state index in [4.69, 9.17) is 16.6 Å². The third kappa shape index (κ3) is 4.35. The number of anilines is 1. The number of nitrogens with zero attached hydrogens (tertiary/aromatic N) is 2. The van der Waals surface area contributed by atoms with Crippen molar-refractivity contribution in [3.8, 4) is 0 Å². The Morgan fingerprint density at radius 2 is 1.90 bits per heavy atom. The maximum Gasteiger partial charge on any atom is 0.226 e. The Kier molecular flexibility index (Phi) is 5.74. The SMILES string of the molecule is CC(C)N1C(=NC23CC4CC(CC(C4)C2)C3)SCC1CC(=O)Nc1ccc(Cl)cc1F. The summed E-state index contributed by atoms with van der Waals surface area (Å²) in [5.41, 5.74) is 0.312. The first kappa shape index (κ1) is 21.6. The molecule has 1 N–H and O–H groups in total. The highest BCUT2D eigenvalue weighted by molar-refractivity contribution is 8.14.